The highest BCUT2D eigenvalue weighted by molar-refractivity contribution is 6.21. The Labute approximate surface area is 124 Å². The van der Waals surface area contributed by atoms with Gasteiger partial charge >= 0.3 is 12.4 Å². The first-order chi connectivity index (χ1) is 9.57. The largest absolute Gasteiger partial charge is 0.423 e. The summed E-state index contributed by atoms with van der Waals surface area (Å²) in [5.41, 5.74) is -0.729. The Hall–Kier alpha value is -0.170. The van der Waals surface area contributed by atoms with E-state index >= 15 is 0 Å². The summed E-state index contributed by atoms with van der Waals surface area (Å²) in [5.74, 6) is 0. The summed E-state index contributed by atoms with van der Waals surface area (Å²) >= 11 is 6.12. The molecule has 0 aromatic carbocycles. The molecular formula is C13H17ClF6O. The molecule has 0 radical (unpaired) electrons. The van der Waals surface area contributed by atoms with E-state index in [9.17, 15) is 26.3 Å². The van der Waals surface area contributed by atoms with Crippen molar-refractivity contribution in [3.63, 3.8) is 0 Å². The molecule has 0 amide bonds. The number of halogens is 7. The smallest absolute Gasteiger partial charge is 0.357 e. The lowest BCUT2D eigenvalue weighted by molar-refractivity contribution is -0.346. The third-order valence-electron chi connectivity index (χ3n) is 4.62. The molecule has 2 rings (SSSR count). The predicted molar refractivity (Wildman–Crippen MR) is 65.2 cm³/mol. The second kappa shape index (κ2) is 5.80. The van der Waals surface area contributed by atoms with Gasteiger partial charge in [-0.05, 0) is 19.3 Å². The fraction of sp³-hybridized carbons (Fsp3) is 1.00. The van der Waals surface area contributed by atoms with Crippen molar-refractivity contribution in [1.82, 2.24) is 0 Å². The van der Waals surface area contributed by atoms with Crippen LogP contribution in [0.3, 0.4) is 0 Å². The number of hydrogen-bond donors (Lipinski definition) is 0. The summed E-state index contributed by atoms with van der Waals surface area (Å²) in [5, 5.41) is -0.400. The topological polar surface area (TPSA) is 9.23 Å². The number of hydrogen-bond acceptors (Lipinski definition) is 1. The van der Waals surface area contributed by atoms with E-state index in [2.05, 4.69) is 4.74 Å². The minimum Gasteiger partial charge on any atom is -0.357 e. The van der Waals surface area contributed by atoms with Crippen molar-refractivity contribution in [2.45, 2.75) is 74.9 Å². The lowest BCUT2D eigenvalue weighted by atomic mass is 9.61. The molecular weight excluding hydrogens is 322 g/mol. The fourth-order valence-corrected chi connectivity index (χ4v) is 3.94. The second-order valence-electron chi connectivity index (χ2n) is 5.94. The van der Waals surface area contributed by atoms with E-state index < -0.39 is 35.4 Å². The van der Waals surface area contributed by atoms with Gasteiger partial charge in [0.1, 0.15) is 0 Å². The standard InChI is InChI=1S/C13H17ClF6O/c14-8-7-9(11(8)5-3-1-2-4-6-11)21-10(12(15,16)17)13(18,19)20/h8-10H,1-7H2. The molecule has 21 heavy (non-hydrogen) atoms. The van der Waals surface area contributed by atoms with Crippen molar-refractivity contribution in [3.05, 3.63) is 0 Å². The molecule has 0 aromatic heterocycles. The van der Waals surface area contributed by atoms with Crippen LogP contribution in [0.1, 0.15) is 44.9 Å². The van der Waals surface area contributed by atoms with Crippen LogP contribution < -0.4 is 0 Å². The lowest BCUT2D eigenvalue weighted by Gasteiger charge is -2.54. The molecule has 2 saturated carbocycles. The van der Waals surface area contributed by atoms with Crippen molar-refractivity contribution in [3.8, 4) is 0 Å². The zero-order chi connectivity index (χ0) is 15.9. The molecule has 0 heterocycles. The Bertz CT molecular complexity index is 345. The molecule has 1 nitrogen and oxygen atoms in total. The van der Waals surface area contributed by atoms with Crippen LogP contribution in [0.4, 0.5) is 26.3 Å². The molecule has 0 aliphatic heterocycles. The van der Waals surface area contributed by atoms with Crippen LogP contribution in [-0.2, 0) is 4.74 Å². The van der Waals surface area contributed by atoms with Crippen LogP contribution in [0.5, 0.6) is 0 Å². The van der Waals surface area contributed by atoms with Crippen molar-refractivity contribution in [2.24, 2.45) is 5.41 Å². The molecule has 2 fully saturated rings. The highest BCUT2D eigenvalue weighted by atomic mass is 35.5. The maximum atomic E-state index is 12.6. The van der Waals surface area contributed by atoms with E-state index in [4.69, 9.17) is 11.6 Å². The van der Waals surface area contributed by atoms with Gasteiger partial charge in [0.05, 0.1) is 6.10 Å². The summed E-state index contributed by atoms with van der Waals surface area (Å²) in [7, 11) is 0. The molecule has 2 unspecified atom stereocenters. The molecule has 1 spiro atoms. The molecule has 0 N–H and O–H groups in total. The molecule has 0 bridgehead atoms. The highest BCUT2D eigenvalue weighted by Gasteiger charge is 2.63. The van der Waals surface area contributed by atoms with Crippen LogP contribution in [0, 0.1) is 5.41 Å². The third kappa shape index (κ3) is 3.44. The van der Waals surface area contributed by atoms with Gasteiger partial charge in [0.15, 0.2) is 0 Å². The second-order valence-corrected chi connectivity index (χ2v) is 6.47. The quantitative estimate of drug-likeness (QED) is 0.495. The zero-order valence-corrected chi connectivity index (χ0v) is 12.0. The van der Waals surface area contributed by atoms with Crippen LogP contribution in [0.15, 0.2) is 0 Å². The normalized spacial score (nSPS) is 30.3. The van der Waals surface area contributed by atoms with E-state index in [0.29, 0.717) is 12.8 Å². The van der Waals surface area contributed by atoms with Crippen LogP contribution in [0.2, 0.25) is 0 Å². The van der Waals surface area contributed by atoms with Gasteiger partial charge in [-0.1, -0.05) is 25.7 Å². The van der Waals surface area contributed by atoms with E-state index in [1.54, 1.807) is 0 Å². The van der Waals surface area contributed by atoms with E-state index in [-0.39, 0.29) is 6.42 Å². The Morgan fingerprint density at radius 3 is 1.76 bits per heavy atom. The SMILES string of the molecule is FC(F)(F)C(OC1CC(Cl)C12CCCCCC2)C(F)(F)F. The minimum atomic E-state index is -5.46. The van der Waals surface area contributed by atoms with Gasteiger partial charge in [0.2, 0.25) is 6.10 Å². The van der Waals surface area contributed by atoms with Crippen molar-refractivity contribution in [2.75, 3.05) is 0 Å². The van der Waals surface area contributed by atoms with E-state index in [1.807, 2.05) is 0 Å². The number of ether oxygens (including phenoxy) is 1. The summed E-state index contributed by atoms with van der Waals surface area (Å²) in [6, 6.07) is 0. The van der Waals surface area contributed by atoms with Crippen molar-refractivity contribution in [1.29, 1.82) is 0 Å². The molecule has 2 atom stereocenters. The number of alkyl halides is 7. The van der Waals surface area contributed by atoms with Gasteiger partial charge in [-0.25, -0.2) is 0 Å². The summed E-state index contributed by atoms with van der Waals surface area (Å²) in [6.45, 7) is 0. The summed E-state index contributed by atoms with van der Waals surface area (Å²) in [6.07, 6.45) is -11.2. The van der Waals surface area contributed by atoms with Gasteiger partial charge < -0.3 is 4.74 Å². The molecule has 0 aromatic rings. The molecule has 2 aliphatic rings. The van der Waals surface area contributed by atoms with Gasteiger partial charge in [0, 0.05) is 10.8 Å². The first-order valence-corrected chi connectivity index (χ1v) is 7.44. The molecule has 124 valence electrons. The van der Waals surface area contributed by atoms with Crippen molar-refractivity contribution >= 4 is 11.6 Å². The summed E-state index contributed by atoms with van der Waals surface area (Å²) in [4.78, 5) is 0. The highest BCUT2D eigenvalue weighted by Crippen LogP contribution is 2.56. The third-order valence-corrected chi connectivity index (χ3v) is 5.23. The molecule has 2 aliphatic carbocycles. The van der Waals surface area contributed by atoms with Gasteiger partial charge in [-0.15, -0.1) is 11.6 Å². The Morgan fingerprint density at radius 1 is 0.905 bits per heavy atom. The van der Waals surface area contributed by atoms with Crippen LogP contribution in [0.25, 0.3) is 0 Å². The summed E-state index contributed by atoms with van der Waals surface area (Å²) < 4.78 is 80.1. The maximum absolute atomic E-state index is 12.6. The minimum absolute atomic E-state index is 0.0458. The van der Waals surface area contributed by atoms with Crippen LogP contribution >= 0.6 is 11.6 Å². The Kier molecular flexibility index (Phi) is 4.74. The predicted octanol–water partition coefficient (Wildman–Crippen LogP) is 5.22. The molecule has 0 saturated heterocycles. The van der Waals surface area contributed by atoms with E-state index in [1.165, 1.54) is 0 Å². The average Bonchev–Trinajstić information content (AvgIpc) is 2.58. The molecule has 8 heteroatoms. The number of rotatable bonds is 2. The van der Waals surface area contributed by atoms with Crippen molar-refractivity contribution < 1.29 is 31.1 Å². The maximum Gasteiger partial charge on any atom is 0.423 e. The van der Waals surface area contributed by atoms with Gasteiger partial charge in [-0.3, -0.25) is 0 Å². The first kappa shape index (κ1) is 17.2. The van der Waals surface area contributed by atoms with Gasteiger partial charge in [-0.2, -0.15) is 26.3 Å². The van der Waals surface area contributed by atoms with Crippen LogP contribution in [-0.4, -0.2) is 29.9 Å². The zero-order valence-electron chi connectivity index (χ0n) is 11.2. The Balaban J connectivity index is 2.13. The fourth-order valence-electron chi connectivity index (χ4n) is 3.42. The van der Waals surface area contributed by atoms with E-state index in [0.717, 1.165) is 25.7 Å². The first-order valence-electron chi connectivity index (χ1n) is 7.00. The monoisotopic (exact) mass is 338 g/mol. The average molecular weight is 339 g/mol. The van der Waals surface area contributed by atoms with Gasteiger partial charge in [0.25, 0.3) is 0 Å². The Morgan fingerprint density at radius 2 is 1.38 bits per heavy atom. The lowest BCUT2D eigenvalue weighted by Crippen LogP contribution is -2.59.